The van der Waals surface area contributed by atoms with E-state index in [1.165, 1.54) is 36.6 Å². The minimum Gasteiger partial charge on any atom is -0.127 e. The molecule has 0 unspecified atom stereocenters. The van der Waals surface area contributed by atoms with Crippen molar-refractivity contribution >= 4 is 27.5 Å². The number of rotatable bonds is 4. The van der Waals surface area contributed by atoms with E-state index in [4.69, 9.17) is 11.6 Å². The molecule has 0 aromatic rings. The van der Waals surface area contributed by atoms with Gasteiger partial charge in [-0.3, -0.25) is 0 Å². The Labute approximate surface area is 94.9 Å². The van der Waals surface area contributed by atoms with Crippen molar-refractivity contribution in [2.24, 2.45) is 5.92 Å². The standard InChI is InChI=1S/C11H18BrCl/c12-11(8-4-5-9-13)10-6-2-1-3-7-10/h8,10H,1-7,9H2/b11-8+. The molecule has 1 aliphatic carbocycles. The molecule has 0 heterocycles. The monoisotopic (exact) mass is 264 g/mol. The van der Waals surface area contributed by atoms with Crippen LogP contribution >= 0.6 is 27.5 Å². The van der Waals surface area contributed by atoms with Gasteiger partial charge in [0.25, 0.3) is 0 Å². The third-order valence-electron chi connectivity index (χ3n) is 2.67. The van der Waals surface area contributed by atoms with E-state index < -0.39 is 0 Å². The Bertz CT molecular complexity index is 159. The van der Waals surface area contributed by atoms with Crippen molar-refractivity contribution in [1.82, 2.24) is 0 Å². The highest BCUT2D eigenvalue weighted by molar-refractivity contribution is 9.11. The maximum Gasteiger partial charge on any atom is 0.0226 e. The zero-order chi connectivity index (χ0) is 9.52. The predicted octanol–water partition coefficient (Wildman–Crippen LogP) is 4.86. The van der Waals surface area contributed by atoms with Crippen LogP contribution in [0.2, 0.25) is 0 Å². The van der Waals surface area contributed by atoms with Gasteiger partial charge in [0.2, 0.25) is 0 Å². The fourth-order valence-corrected chi connectivity index (χ4v) is 2.70. The van der Waals surface area contributed by atoms with E-state index in [-0.39, 0.29) is 0 Å². The lowest BCUT2D eigenvalue weighted by Gasteiger charge is -2.21. The second-order valence-electron chi connectivity index (χ2n) is 3.76. The van der Waals surface area contributed by atoms with Gasteiger partial charge in [0.05, 0.1) is 0 Å². The number of halogens is 2. The minimum absolute atomic E-state index is 0.779. The molecule has 2 heteroatoms. The van der Waals surface area contributed by atoms with E-state index in [9.17, 15) is 0 Å². The average molecular weight is 266 g/mol. The molecule has 0 aliphatic heterocycles. The molecule has 0 N–H and O–H groups in total. The van der Waals surface area contributed by atoms with Crippen molar-refractivity contribution in [3.63, 3.8) is 0 Å². The highest BCUT2D eigenvalue weighted by atomic mass is 79.9. The second-order valence-corrected chi connectivity index (χ2v) is 5.05. The molecule has 0 nitrogen and oxygen atoms in total. The van der Waals surface area contributed by atoms with E-state index in [2.05, 4.69) is 22.0 Å². The van der Waals surface area contributed by atoms with Gasteiger partial charge in [-0.2, -0.15) is 0 Å². The van der Waals surface area contributed by atoms with E-state index >= 15 is 0 Å². The normalized spacial score (nSPS) is 20.6. The van der Waals surface area contributed by atoms with Crippen LogP contribution in [0.1, 0.15) is 44.9 Å². The van der Waals surface area contributed by atoms with Crippen LogP contribution in [-0.2, 0) is 0 Å². The molecule has 0 saturated heterocycles. The van der Waals surface area contributed by atoms with E-state index in [0.29, 0.717) is 0 Å². The van der Waals surface area contributed by atoms with Gasteiger partial charge < -0.3 is 0 Å². The Morgan fingerprint density at radius 1 is 1.31 bits per heavy atom. The van der Waals surface area contributed by atoms with Gasteiger partial charge in [0.15, 0.2) is 0 Å². The molecule has 0 bridgehead atoms. The van der Waals surface area contributed by atoms with Crippen LogP contribution in [0.5, 0.6) is 0 Å². The van der Waals surface area contributed by atoms with E-state index in [0.717, 1.165) is 24.6 Å². The largest absolute Gasteiger partial charge is 0.127 e. The van der Waals surface area contributed by atoms with Crippen LogP contribution < -0.4 is 0 Å². The van der Waals surface area contributed by atoms with Crippen molar-refractivity contribution in [2.75, 3.05) is 5.88 Å². The lowest BCUT2D eigenvalue weighted by atomic mass is 9.89. The maximum absolute atomic E-state index is 5.63. The van der Waals surface area contributed by atoms with Crippen LogP contribution in [0.3, 0.4) is 0 Å². The summed E-state index contributed by atoms with van der Waals surface area (Å²) in [6, 6.07) is 0. The zero-order valence-electron chi connectivity index (χ0n) is 8.07. The first-order chi connectivity index (χ1) is 6.34. The van der Waals surface area contributed by atoms with Crippen LogP contribution in [-0.4, -0.2) is 5.88 Å². The summed E-state index contributed by atoms with van der Waals surface area (Å²) >= 11 is 9.31. The zero-order valence-corrected chi connectivity index (χ0v) is 10.4. The Morgan fingerprint density at radius 2 is 2.00 bits per heavy atom. The average Bonchev–Trinajstić information content (AvgIpc) is 2.19. The van der Waals surface area contributed by atoms with Gasteiger partial charge in [0, 0.05) is 5.88 Å². The molecule has 0 aromatic carbocycles. The van der Waals surface area contributed by atoms with Crippen molar-refractivity contribution in [3.05, 3.63) is 10.6 Å². The SMILES string of the molecule is ClCCC/C=C(/Br)C1CCCCC1. The molecule has 1 fully saturated rings. The van der Waals surface area contributed by atoms with Gasteiger partial charge in [-0.1, -0.05) is 41.3 Å². The first-order valence-corrected chi connectivity index (χ1v) is 6.59. The smallest absolute Gasteiger partial charge is 0.0226 e. The van der Waals surface area contributed by atoms with Crippen molar-refractivity contribution in [1.29, 1.82) is 0 Å². The number of hydrogen-bond donors (Lipinski definition) is 0. The summed E-state index contributed by atoms with van der Waals surface area (Å²) in [6.07, 6.45) is 11.5. The first-order valence-electron chi connectivity index (χ1n) is 5.26. The topological polar surface area (TPSA) is 0 Å². The van der Waals surface area contributed by atoms with E-state index in [1.807, 2.05) is 0 Å². The third-order valence-corrected chi connectivity index (χ3v) is 3.91. The molecule has 13 heavy (non-hydrogen) atoms. The minimum atomic E-state index is 0.779. The number of hydrogen-bond acceptors (Lipinski definition) is 0. The highest BCUT2D eigenvalue weighted by Crippen LogP contribution is 2.32. The Hall–Kier alpha value is 0.510. The first kappa shape index (κ1) is 11.6. The predicted molar refractivity (Wildman–Crippen MR) is 63.5 cm³/mol. The molecular weight excluding hydrogens is 247 g/mol. The van der Waals surface area contributed by atoms with Crippen LogP contribution in [0, 0.1) is 5.92 Å². The third kappa shape index (κ3) is 4.51. The molecule has 0 amide bonds. The summed E-state index contributed by atoms with van der Waals surface area (Å²) in [5.41, 5.74) is 0. The Balaban J connectivity index is 2.27. The van der Waals surface area contributed by atoms with Crippen LogP contribution in [0.25, 0.3) is 0 Å². The lowest BCUT2D eigenvalue weighted by molar-refractivity contribution is 0.415. The molecule has 0 aromatic heterocycles. The Morgan fingerprint density at radius 3 is 2.62 bits per heavy atom. The van der Waals surface area contributed by atoms with Crippen molar-refractivity contribution in [2.45, 2.75) is 44.9 Å². The molecule has 0 atom stereocenters. The van der Waals surface area contributed by atoms with Crippen molar-refractivity contribution < 1.29 is 0 Å². The fraction of sp³-hybridized carbons (Fsp3) is 0.818. The van der Waals surface area contributed by atoms with Crippen molar-refractivity contribution in [3.8, 4) is 0 Å². The van der Waals surface area contributed by atoms with Crippen LogP contribution in [0.4, 0.5) is 0 Å². The highest BCUT2D eigenvalue weighted by Gasteiger charge is 2.15. The molecule has 76 valence electrons. The lowest BCUT2D eigenvalue weighted by Crippen LogP contribution is -2.05. The summed E-state index contributed by atoms with van der Waals surface area (Å²) in [6.45, 7) is 0. The summed E-state index contributed by atoms with van der Waals surface area (Å²) in [5.74, 6) is 1.59. The summed E-state index contributed by atoms with van der Waals surface area (Å²) < 4.78 is 1.43. The van der Waals surface area contributed by atoms with Gasteiger partial charge >= 0.3 is 0 Å². The molecule has 1 rings (SSSR count). The van der Waals surface area contributed by atoms with Crippen LogP contribution in [0.15, 0.2) is 10.6 Å². The molecule has 0 radical (unpaired) electrons. The van der Waals surface area contributed by atoms with Gasteiger partial charge in [-0.15, -0.1) is 11.6 Å². The quantitative estimate of drug-likeness (QED) is 0.503. The summed E-state index contributed by atoms with van der Waals surface area (Å²) in [5, 5.41) is 0. The molecular formula is C11H18BrCl. The fourth-order valence-electron chi connectivity index (χ4n) is 1.86. The maximum atomic E-state index is 5.63. The summed E-state index contributed by atoms with van der Waals surface area (Å²) in [4.78, 5) is 0. The number of allylic oxidation sites excluding steroid dienone is 2. The molecule has 1 saturated carbocycles. The molecule has 0 spiro atoms. The van der Waals surface area contributed by atoms with E-state index in [1.54, 1.807) is 0 Å². The Kier molecular flexibility index (Phi) is 6.14. The second kappa shape index (κ2) is 6.89. The van der Waals surface area contributed by atoms with Gasteiger partial charge in [-0.05, 0) is 36.1 Å². The summed E-state index contributed by atoms with van der Waals surface area (Å²) in [7, 11) is 0. The number of unbranched alkanes of at least 4 members (excludes halogenated alkanes) is 1. The molecule has 1 aliphatic rings. The van der Waals surface area contributed by atoms with Gasteiger partial charge in [-0.25, -0.2) is 0 Å². The number of alkyl halides is 1. The van der Waals surface area contributed by atoms with Gasteiger partial charge in [0.1, 0.15) is 0 Å².